The Morgan fingerprint density at radius 3 is 2.33 bits per heavy atom. The summed E-state index contributed by atoms with van der Waals surface area (Å²) < 4.78 is 11.4. The van der Waals surface area contributed by atoms with Gasteiger partial charge in [0.05, 0.1) is 6.61 Å². The minimum Gasteiger partial charge on any atom is -0.457 e. The number of hydrogen-bond acceptors (Lipinski definition) is 2. The molecule has 21 heavy (non-hydrogen) atoms. The summed E-state index contributed by atoms with van der Waals surface area (Å²) in [5, 5.41) is 0. The summed E-state index contributed by atoms with van der Waals surface area (Å²) in [6.45, 7) is 6.96. The number of benzene rings is 2. The van der Waals surface area contributed by atoms with E-state index in [2.05, 4.69) is 19.0 Å². The molecule has 4 heteroatoms. The molecule has 3 rings (SSSR count). The van der Waals surface area contributed by atoms with Gasteiger partial charge < -0.3 is 16.8 Å². The van der Waals surface area contributed by atoms with E-state index in [9.17, 15) is 0 Å². The minimum absolute atomic E-state index is 0. The molecule has 2 nitrogen and oxygen atoms in total. The number of hydrogen-bond donors (Lipinski definition) is 0. The molecule has 0 unspecified atom stereocenters. The molecule has 0 aliphatic carbocycles. The van der Waals surface area contributed by atoms with Crippen LogP contribution in [0.5, 0.6) is 11.5 Å². The molecule has 2 aromatic carbocycles. The van der Waals surface area contributed by atoms with Gasteiger partial charge in [0.15, 0.2) is 0 Å². The van der Waals surface area contributed by atoms with Gasteiger partial charge in [-0.1, -0.05) is 44.9 Å². The van der Waals surface area contributed by atoms with Crippen LogP contribution in [0.1, 0.15) is 19.4 Å². The number of fused-ring (bicyclic) bond motifs is 1. The number of ether oxygens (including phenoxy) is 1. The fraction of sp³-hybridized carbons (Fsp3) is 0.235. The molecule has 1 aliphatic rings. The molecule has 2 aromatic rings. The van der Waals surface area contributed by atoms with Crippen LogP contribution in [-0.4, -0.2) is 6.92 Å². The third-order valence-corrected chi connectivity index (χ3v) is 3.02. The molecule has 1 heterocycles. The molecular weight excluding hydrogens is 332 g/mol. The Bertz CT molecular complexity index is 532. The molecule has 1 aliphatic heterocycles. The van der Waals surface area contributed by atoms with Crippen molar-refractivity contribution >= 4 is 12.4 Å². The number of rotatable bonds is 2. The van der Waals surface area contributed by atoms with E-state index < -0.39 is 0 Å². The van der Waals surface area contributed by atoms with E-state index in [1.54, 1.807) is 0 Å². The first-order valence-corrected chi connectivity index (χ1v) is 6.80. The zero-order valence-electron chi connectivity index (χ0n) is 13.7. The average Bonchev–Trinajstić information content (AvgIpc) is 2.83. The van der Waals surface area contributed by atoms with Crippen LogP contribution < -0.4 is 68.4 Å². The molecule has 0 bridgehead atoms. The van der Waals surface area contributed by atoms with Crippen LogP contribution in [0.4, 0.5) is 0 Å². The first-order chi connectivity index (χ1) is 9.33. The second-order valence-electron chi connectivity index (χ2n) is 4.23. The molecule has 0 aromatic heterocycles. The standard InChI is InChI=1S/C14H13BO2.C2H6.CH3.Rb/c1-15-14-8-7-13(9-11(14)10-16-15)17-12-5-3-2-4-6-12;1-2;;/h2-9H,10H2,1H3;1-2H3;1H3;/q;;-1;+1. The van der Waals surface area contributed by atoms with Crippen LogP contribution in [0, 0.1) is 7.43 Å². The molecule has 0 spiro atoms. The molecule has 106 valence electrons. The van der Waals surface area contributed by atoms with E-state index in [1.165, 1.54) is 11.0 Å². The molecule has 0 radical (unpaired) electrons. The van der Waals surface area contributed by atoms with E-state index in [0.29, 0.717) is 6.61 Å². The molecule has 0 saturated carbocycles. The van der Waals surface area contributed by atoms with Crippen LogP contribution in [0.2, 0.25) is 6.82 Å². The maximum Gasteiger partial charge on any atom is 1.00 e. The van der Waals surface area contributed by atoms with Gasteiger partial charge in [-0.2, -0.15) is 0 Å². The van der Waals surface area contributed by atoms with Gasteiger partial charge in [0.1, 0.15) is 11.5 Å². The Morgan fingerprint density at radius 1 is 1.00 bits per heavy atom. The maximum absolute atomic E-state index is 5.78. The van der Waals surface area contributed by atoms with Crippen molar-refractivity contribution in [2.75, 3.05) is 0 Å². The molecule has 0 atom stereocenters. The van der Waals surface area contributed by atoms with Crippen LogP contribution in [0.15, 0.2) is 48.5 Å². The summed E-state index contributed by atoms with van der Waals surface area (Å²) in [6, 6.07) is 16.0. The minimum atomic E-state index is 0. The summed E-state index contributed by atoms with van der Waals surface area (Å²) in [7, 11) is 0. The van der Waals surface area contributed by atoms with Gasteiger partial charge in [-0.15, -0.1) is 0 Å². The molecule has 0 N–H and O–H groups in total. The Morgan fingerprint density at radius 2 is 1.67 bits per heavy atom. The van der Waals surface area contributed by atoms with Crippen molar-refractivity contribution in [2.45, 2.75) is 27.3 Å². The Balaban J connectivity index is 0.000000961. The largest absolute Gasteiger partial charge is 1.00 e. The van der Waals surface area contributed by atoms with Crippen molar-refractivity contribution < 1.29 is 67.6 Å². The predicted octanol–water partition coefficient (Wildman–Crippen LogP) is 1.32. The Labute approximate surface area is 178 Å². The van der Waals surface area contributed by atoms with Crippen LogP contribution in [0.3, 0.4) is 0 Å². The van der Waals surface area contributed by atoms with Crippen LogP contribution in [0.25, 0.3) is 0 Å². The van der Waals surface area contributed by atoms with Crippen LogP contribution in [-0.2, 0) is 11.3 Å². The van der Waals surface area contributed by atoms with E-state index in [4.69, 9.17) is 9.39 Å². The predicted molar refractivity (Wildman–Crippen MR) is 86.8 cm³/mol. The van der Waals surface area contributed by atoms with Gasteiger partial charge in [0.25, 0.3) is 0 Å². The average molecular weight is 355 g/mol. The Kier molecular flexibility index (Phi) is 10.8. The van der Waals surface area contributed by atoms with Crippen molar-refractivity contribution in [1.29, 1.82) is 0 Å². The normalized spacial score (nSPS) is 11.3. The van der Waals surface area contributed by atoms with E-state index in [0.717, 1.165) is 11.5 Å². The quantitative estimate of drug-likeness (QED) is 0.598. The van der Waals surface area contributed by atoms with Crippen molar-refractivity contribution in [3.63, 3.8) is 0 Å². The van der Waals surface area contributed by atoms with Crippen molar-refractivity contribution in [3.05, 3.63) is 61.5 Å². The van der Waals surface area contributed by atoms with E-state index in [1.807, 2.05) is 50.2 Å². The van der Waals surface area contributed by atoms with Gasteiger partial charge >= 0.3 is 65.1 Å². The zero-order valence-corrected chi connectivity index (χ0v) is 18.6. The first kappa shape index (κ1) is 21.1. The second-order valence-corrected chi connectivity index (χ2v) is 4.23. The Hall–Kier alpha value is 0.0701. The summed E-state index contributed by atoms with van der Waals surface area (Å²) in [6.07, 6.45) is 0. The third kappa shape index (κ3) is 5.65. The SMILES string of the molecule is CB1OCc2cc(Oc3ccccc3)ccc21.CC.[CH3-].[Rb+]. The van der Waals surface area contributed by atoms with Gasteiger partial charge in [-0.05, 0) is 35.3 Å². The monoisotopic (exact) mass is 354 g/mol. The van der Waals surface area contributed by atoms with Crippen LogP contribution >= 0.6 is 0 Å². The first-order valence-electron chi connectivity index (χ1n) is 6.80. The smallest absolute Gasteiger partial charge is 0.457 e. The van der Waals surface area contributed by atoms with E-state index in [-0.39, 0.29) is 72.5 Å². The fourth-order valence-corrected chi connectivity index (χ4v) is 2.10. The van der Waals surface area contributed by atoms with Gasteiger partial charge in [0.2, 0.25) is 0 Å². The van der Waals surface area contributed by atoms with Gasteiger partial charge in [0, 0.05) is 0 Å². The summed E-state index contributed by atoms with van der Waals surface area (Å²) in [4.78, 5) is 0. The fourth-order valence-electron chi connectivity index (χ4n) is 2.10. The third-order valence-electron chi connectivity index (χ3n) is 3.02. The van der Waals surface area contributed by atoms with Crippen molar-refractivity contribution in [1.82, 2.24) is 0 Å². The molecule has 0 saturated heterocycles. The molecule has 0 amide bonds. The summed E-state index contributed by atoms with van der Waals surface area (Å²) in [5.74, 6) is 1.73. The van der Waals surface area contributed by atoms with Crippen molar-refractivity contribution in [2.24, 2.45) is 0 Å². The van der Waals surface area contributed by atoms with E-state index >= 15 is 0 Å². The van der Waals surface area contributed by atoms with Gasteiger partial charge in [-0.25, -0.2) is 0 Å². The summed E-state index contributed by atoms with van der Waals surface area (Å²) >= 11 is 0. The summed E-state index contributed by atoms with van der Waals surface area (Å²) in [5.41, 5.74) is 2.50. The maximum atomic E-state index is 5.78. The topological polar surface area (TPSA) is 18.5 Å². The zero-order chi connectivity index (χ0) is 13.7. The number of para-hydroxylation sites is 1. The van der Waals surface area contributed by atoms with Crippen molar-refractivity contribution in [3.8, 4) is 11.5 Å². The second kappa shape index (κ2) is 10.7. The molecular formula is C17H22BO2Rb. The molecule has 0 fully saturated rings. The van der Waals surface area contributed by atoms with Gasteiger partial charge in [-0.3, -0.25) is 0 Å².